The van der Waals surface area contributed by atoms with Gasteiger partial charge in [-0.25, -0.2) is 0 Å². The zero-order valence-corrected chi connectivity index (χ0v) is 15.0. The summed E-state index contributed by atoms with van der Waals surface area (Å²) in [6.45, 7) is 5.13. The molecule has 0 aliphatic carbocycles. The molecule has 0 amide bonds. The van der Waals surface area contributed by atoms with E-state index in [4.69, 9.17) is 9.26 Å². The quantitative estimate of drug-likeness (QED) is 0.683. The number of hydrogen-bond donors (Lipinski definition) is 1. The van der Waals surface area contributed by atoms with Crippen LogP contribution in [0.1, 0.15) is 19.4 Å². The third-order valence-corrected chi connectivity index (χ3v) is 4.63. The van der Waals surface area contributed by atoms with E-state index < -0.39 is 0 Å². The Bertz CT molecular complexity index is 813. The molecule has 120 valence electrons. The van der Waals surface area contributed by atoms with Crippen LogP contribution in [-0.2, 0) is 5.41 Å². The molecule has 3 rings (SSSR count). The van der Waals surface area contributed by atoms with Crippen LogP contribution in [0.4, 0.5) is 5.82 Å². The second-order valence-corrected chi connectivity index (χ2v) is 6.94. The fourth-order valence-corrected chi connectivity index (χ4v) is 2.98. The molecule has 0 unspecified atom stereocenters. The van der Waals surface area contributed by atoms with E-state index in [1.807, 2.05) is 18.2 Å². The summed E-state index contributed by atoms with van der Waals surface area (Å²) < 4.78 is 11.7. The molecule has 0 aliphatic heterocycles. The highest BCUT2D eigenvalue weighted by molar-refractivity contribution is 9.10. The number of hydrogen-bond acceptors (Lipinski definition) is 4. The van der Waals surface area contributed by atoms with Gasteiger partial charge in [-0.15, -0.1) is 0 Å². The first-order valence-electron chi connectivity index (χ1n) is 7.44. The van der Waals surface area contributed by atoms with Crippen molar-refractivity contribution < 1.29 is 9.26 Å². The van der Waals surface area contributed by atoms with E-state index in [2.05, 4.69) is 64.5 Å². The minimum Gasteiger partial charge on any atom is -0.496 e. The van der Waals surface area contributed by atoms with Gasteiger partial charge in [-0.2, -0.15) is 0 Å². The number of nitrogens with zero attached hydrogens (tertiary/aromatic N) is 1. The topological polar surface area (TPSA) is 47.3 Å². The predicted molar refractivity (Wildman–Crippen MR) is 96.2 cm³/mol. The predicted octanol–water partition coefficient (Wildman–Crippen LogP) is 4.99. The normalized spacial score (nSPS) is 11.7. The maximum Gasteiger partial charge on any atom is 0.187 e. The highest BCUT2D eigenvalue weighted by Crippen LogP contribution is 2.37. The summed E-state index contributed by atoms with van der Waals surface area (Å²) in [5.74, 6) is 1.44. The lowest BCUT2D eigenvalue weighted by molar-refractivity contribution is 0.419. The Morgan fingerprint density at radius 2 is 1.91 bits per heavy atom. The minimum absolute atomic E-state index is 0.0359. The highest BCUT2D eigenvalue weighted by Gasteiger charge is 2.22. The van der Waals surface area contributed by atoms with Gasteiger partial charge in [0.25, 0.3) is 0 Å². The molecule has 0 radical (unpaired) electrons. The lowest BCUT2D eigenvalue weighted by Crippen LogP contribution is -2.27. The monoisotopic (exact) mass is 374 g/mol. The molecule has 3 aromatic rings. The van der Waals surface area contributed by atoms with E-state index in [-0.39, 0.29) is 5.41 Å². The molecule has 1 heterocycles. The van der Waals surface area contributed by atoms with Crippen molar-refractivity contribution in [2.45, 2.75) is 19.3 Å². The Hall–Kier alpha value is -2.01. The van der Waals surface area contributed by atoms with Gasteiger partial charge in [0.05, 0.1) is 11.6 Å². The van der Waals surface area contributed by atoms with Crippen molar-refractivity contribution >= 4 is 32.7 Å². The van der Waals surface area contributed by atoms with Gasteiger partial charge in [0.2, 0.25) is 0 Å². The summed E-state index contributed by atoms with van der Waals surface area (Å²) in [6, 6.07) is 14.2. The van der Waals surface area contributed by atoms with Crippen LogP contribution in [0.15, 0.2) is 51.5 Å². The van der Waals surface area contributed by atoms with Gasteiger partial charge in [-0.3, -0.25) is 0 Å². The summed E-state index contributed by atoms with van der Waals surface area (Å²) in [6.07, 6.45) is 0. The van der Waals surface area contributed by atoms with Crippen molar-refractivity contribution in [3.8, 4) is 5.75 Å². The Morgan fingerprint density at radius 1 is 1.17 bits per heavy atom. The summed E-state index contributed by atoms with van der Waals surface area (Å²) in [5.41, 5.74) is 1.92. The van der Waals surface area contributed by atoms with E-state index in [9.17, 15) is 0 Å². The van der Waals surface area contributed by atoms with E-state index in [0.29, 0.717) is 11.4 Å². The maximum absolute atomic E-state index is 5.45. The molecular formula is C18H19BrN2O2. The number of rotatable bonds is 5. The van der Waals surface area contributed by atoms with E-state index in [1.165, 1.54) is 5.56 Å². The average molecular weight is 375 g/mol. The summed E-state index contributed by atoms with van der Waals surface area (Å²) >= 11 is 3.48. The number of anilines is 1. The molecule has 0 bridgehead atoms. The van der Waals surface area contributed by atoms with E-state index in [1.54, 1.807) is 7.11 Å². The molecule has 0 aliphatic rings. The second-order valence-electron chi connectivity index (χ2n) is 6.09. The summed E-state index contributed by atoms with van der Waals surface area (Å²) in [7, 11) is 1.65. The SMILES string of the molecule is COc1ccc(Br)c2onc(NCC(C)(C)c3ccccc3)c12. The van der Waals surface area contributed by atoms with Gasteiger partial charge in [-0.05, 0) is 33.6 Å². The summed E-state index contributed by atoms with van der Waals surface area (Å²) in [4.78, 5) is 0. The lowest BCUT2D eigenvalue weighted by Gasteiger charge is -2.25. The highest BCUT2D eigenvalue weighted by atomic mass is 79.9. The van der Waals surface area contributed by atoms with Crippen LogP contribution in [0.2, 0.25) is 0 Å². The van der Waals surface area contributed by atoms with Crippen molar-refractivity contribution in [1.29, 1.82) is 0 Å². The number of ether oxygens (including phenoxy) is 1. The van der Waals surface area contributed by atoms with E-state index in [0.717, 1.165) is 22.2 Å². The van der Waals surface area contributed by atoms with Crippen molar-refractivity contribution in [2.75, 3.05) is 19.0 Å². The smallest absolute Gasteiger partial charge is 0.187 e. The molecule has 0 fully saturated rings. The number of benzene rings is 2. The molecule has 0 saturated heterocycles. The van der Waals surface area contributed by atoms with Gasteiger partial charge in [0.1, 0.15) is 11.1 Å². The van der Waals surface area contributed by atoms with Crippen LogP contribution >= 0.6 is 15.9 Å². The third kappa shape index (κ3) is 3.06. The maximum atomic E-state index is 5.45. The number of halogens is 1. The van der Waals surface area contributed by atoms with Gasteiger partial charge in [-0.1, -0.05) is 49.3 Å². The molecule has 1 N–H and O–H groups in total. The van der Waals surface area contributed by atoms with Crippen molar-refractivity contribution in [1.82, 2.24) is 5.16 Å². The largest absolute Gasteiger partial charge is 0.496 e. The summed E-state index contributed by atoms with van der Waals surface area (Å²) in [5, 5.41) is 8.42. The van der Waals surface area contributed by atoms with Gasteiger partial charge in [0.15, 0.2) is 11.4 Å². The van der Waals surface area contributed by atoms with Crippen molar-refractivity contribution in [3.05, 3.63) is 52.5 Å². The van der Waals surface area contributed by atoms with Crippen molar-refractivity contribution in [3.63, 3.8) is 0 Å². The molecule has 4 nitrogen and oxygen atoms in total. The Labute approximate surface area is 143 Å². The first-order chi connectivity index (χ1) is 11.0. The molecule has 5 heteroatoms. The first kappa shape index (κ1) is 15.9. The Morgan fingerprint density at radius 3 is 2.61 bits per heavy atom. The number of methoxy groups -OCH3 is 1. The molecule has 0 spiro atoms. The second kappa shape index (κ2) is 6.24. The minimum atomic E-state index is -0.0359. The van der Waals surface area contributed by atoms with Crippen molar-refractivity contribution in [2.24, 2.45) is 0 Å². The van der Waals surface area contributed by atoms with Crippen LogP contribution in [0, 0.1) is 0 Å². The Balaban J connectivity index is 1.89. The van der Waals surface area contributed by atoms with Crippen LogP contribution < -0.4 is 10.1 Å². The number of fused-ring (bicyclic) bond motifs is 1. The molecule has 1 aromatic heterocycles. The lowest BCUT2D eigenvalue weighted by atomic mass is 9.84. The van der Waals surface area contributed by atoms with Gasteiger partial charge >= 0.3 is 0 Å². The molecule has 23 heavy (non-hydrogen) atoms. The zero-order chi connectivity index (χ0) is 16.4. The molecule has 2 aromatic carbocycles. The molecule has 0 saturated carbocycles. The average Bonchev–Trinajstić information content (AvgIpc) is 2.99. The van der Waals surface area contributed by atoms with E-state index >= 15 is 0 Å². The number of nitrogens with one attached hydrogen (secondary N) is 1. The third-order valence-electron chi connectivity index (χ3n) is 4.01. The van der Waals surface area contributed by atoms with Gasteiger partial charge < -0.3 is 14.6 Å². The van der Waals surface area contributed by atoms with Crippen LogP contribution in [0.5, 0.6) is 5.75 Å². The number of aromatic nitrogens is 1. The molecular weight excluding hydrogens is 356 g/mol. The van der Waals surface area contributed by atoms with Crippen LogP contribution in [-0.4, -0.2) is 18.8 Å². The zero-order valence-electron chi connectivity index (χ0n) is 13.4. The fourth-order valence-electron chi connectivity index (χ4n) is 2.58. The Kier molecular flexibility index (Phi) is 4.31. The van der Waals surface area contributed by atoms with Crippen LogP contribution in [0.3, 0.4) is 0 Å². The molecule has 0 atom stereocenters. The fraction of sp³-hybridized carbons (Fsp3) is 0.278. The standard InChI is InChI=1S/C18H19BrN2O2/c1-18(2,12-7-5-4-6-8-12)11-20-17-15-14(22-3)10-9-13(19)16(15)23-21-17/h4-10H,11H2,1-3H3,(H,20,21). The first-order valence-corrected chi connectivity index (χ1v) is 8.23. The van der Waals surface area contributed by atoms with Gasteiger partial charge in [0, 0.05) is 12.0 Å². The van der Waals surface area contributed by atoms with Crippen LogP contribution in [0.25, 0.3) is 11.0 Å².